The lowest BCUT2D eigenvalue weighted by molar-refractivity contribution is 0.0506. The Morgan fingerprint density at radius 2 is 2.12 bits per heavy atom. The van der Waals surface area contributed by atoms with Crippen LogP contribution in [-0.2, 0) is 4.74 Å². The van der Waals surface area contributed by atoms with Crippen LogP contribution in [-0.4, -0.2) is 24.0 Å². The van der Waals surface area contributed by atoms with Gasteiger partial charge in [0, 0.05) is 12.7 Å². The maximum atomic E-state index is 5.44. The fourth-order valence-corrected chi connectivity index (χ4v) is 1.43. The third-order valence-corrected chi connectivity index (χ3v) is 2.29. The summed E-state index contributed by atoms with van der Waals surface area (Å²) in [6, 6.07) is 5.73. The minimum absolute atomic E-state index is 0.215. The fourth-order valence-electron chi connectivity index (χ4n) is 1.43. The molecule has 0 aliphatic carbocycles. The zero-order valence-corrected chi connectivity index (χ0v) is 10.1. The van der Waals surface area contributed by atoms with E-state index in [1.54, 1.807) is 14.0 Å². The summed E-state index contributed by atoms with van der Waals surface area (Å²) in [5.41, 5.74) is 1.87. The van der Waals surface area contributed by atoms with E-state index >= 15 is 0 Å². The molecule has 0 N–H and O–H groups in total. The zero-order chi connectivity index (χ0) is 12.3. The number of aryl methyl sites for hydroxylation is 2. The molecule has 17 heavy (non-hydrogen) atoms. The topological polar surface area (TPSA) is 57.4 Å². The number of nitrogens with zero attached hydrogens (tertiary/aromatic N) is 2. The molecule has 0 amide bonds. The van der Waals surface area contributed by atoms with Gasteiger partial charge in [-0.15, -0.1) is 0 Å². The molecule has 90 valence electrons. The van der Waals surface area contributed by atoms with E-state index in [0.29, 0.717) is 11.7 Å². The van der Waals surface area contributed by atoms with Crippen LogP contribution in [0.3, 0.4) is 0 Å². The molecule has 2 rings (SSSR count). The van der Waals surface area contributed by atoms with Crippen molar-refractivity contribution < 1.29 is 14.0 Å². The summed E-state index contributed by atoms with van der Waals surface area (Å²) in [5, 5.41) is 3.76. The molecule has 0 aliphatic heterocycles. The first-order valence-corrected chi connectivity index (χ1v) is 5.24. The monoisotopic (exact) mass is 234 g/mol. The Morgan fingerprint density at radius 3 is 2.76 bits per heavy atom. The van der Waals surface area contributed by atoms with Crippen LogP contribution >= 0.6 is 0 Å². The summed E-state index contributed by atoms with van der Waals surface area (Å²) in [4.78, 5) is 4.17. The summed E-state index contributed by atoms with van der Waals surface area (Å²) in [6.07, 6.45) is 0. The molecular weight excluding hydrogens is 220 g/mol. The second-order valence-corrected chi connectivity index (χ2v) is 3.68. The molecule has 0 aliphatic rings. The van der Waals surface area contributed by atoms with Crippen LogP contribution in [0.15, 0.2) is 22.7 Å². The van der Waals surface area contributed by atoms with E-state index in [1.807, 2.05) is 25.1 Å². The molecule has 0 fully saturated rings. The molecule has 0 bridgehead atoms. The molecule has 0 radical (unpaired) electrons. The van der Waals surface area contributed by atoms with Crippen molar-refractivity contribution in [1.29, 1.82) is 0 Å². The van der Waals surface area contributed by atoms with Gasteiger partial charge in [-0.1, -0.05) is 11.2 Å². The Labute approximate surface area is 99.4 Å². The normalized spacial score (nSPS) is 10.5. The fraction of sp³-hybridized carbons (Fsp3) is 0.333. The van der Waals surface area contributed by atoms with Crippen LogP contribution in [0.1, 0.15) is 11.4 Å². The van der Waals surface area contributed by atoms with E-state index in [9.17, 15) is 0 Å². The minimum Gasteiger partial charge on any atom is -0.467 e. The maximum Gasteiger partial charge on any atom is 0.258 e. The van der Waals surface area contributed by atoms with Gasteiger partial charge in [0.2, 0.25) is 0 Å². The van der Waals surface area contributed by atoms with E-state index in [-0.39, 0.29) is 6.79 Å². The van der Waals surface area contributed by atoms with Gasteiger partial charge < -0.3 is 14.0 Å². The summed E-state index contributed by atoms with van der Waals surface area (Å²) in [6.45, 7) is 3.96. The van der Waals surface area contributed by atoms with Gasteiger partial charge in [-0.05, 0) is 31.5 Å². The van der Waals surface area contributed by atoms with Gasteiger partial charge in [0.15, 0.2) is 12.6 Å². The van der Waals surface area contributed by atoms with E-state index in [4.69, 9.17) is 14.0 Å². The van der Waals surface area contributed by atoms with Crippen molar-refractivity contribution in [2.24, 2.45) is 0 Å². The Hall–Kier alpha value is -1.88. The Bertz CT molecular complexity index is 508. The van der Waals surface area contributed by atoms with E-state index in [2.05, 4.69) is 10.1 Å². The van der Waals surface area contributed by atoms with Gasteiger partial charge >= 0.3 is 0 Å². The van der Waals surface area contributed by atoms with Gasteiger partial charge in [-0.3, -0.25) is 0 Å². The minimum atomic E-state index is 0.215. The van der Waals surface area contributed by atoms with E-state index in [1.165, 1.54) is 0 Å². The van der Waals surface area contributed by atoms with Gasteiger partial charge in [0.1, 0.15) is 5.75 Å². The van der Waals surface area contributed by atoms with Crippen LogP contribution in [0.4, 0.5) is 0 Å². The molecule has 2 aromatic rings. The molecule has 5 nitrogen and oxygen atoms in total. The number of benzene rings is 1. The summed E-state index contributed by atoms with van der Waals surface area (Å²) >= 11 is 0. The van der Waals surface area contributed by atoms with Crippen molar-refractivity contribution >= 4 is 0 Å². The van der Waals surface area contributed by atoms with Gasteiger partial charge in [-0.25, -0.2) is 0 Å². The predicted octanol–water partition coefficient (Wildman–Crippen LogP) is 2.34. The number of aromatic nitrogens is 2. The summed E-state index contributed by atoms with van der Waals surface area (Å²) in [5.74, 6) is 1.85. The maximum absolute atomic E-state index is 5.44. The van der Waals surface area contributed by atoms with Crippen LogP contribution in [0.5, 0.6) is 5.75 Å². The van der Waals surface area contributed by atoms with Crippen LogP contribution < -0.4 is 4.74 Å². The number of methoxy groups -OCH3 is 1. The standard InChI is InChI=1S/C12H14N2O3/c1-8-4-5-10(6-11(8)16-7-15-3)12-13-9(2)14-17-12/h4-6H,7H2,1-3H3. The van der Waals surface area contributed by atoms with E-state index < -0.39 is 0 Å². The Morgan fingerprint density at radius 1 is 1.29 bits per heavy atom. The molecule has 1 aromatic heterocycles. The van der Waals surface area contributed by atoms with E-state index in [0.717, 1.165) is 16.9 Å². The van der Waals surface area contributed by atoms with Crippen molar-refractivity contribution in [2.45, 2.75) is 13.8 Å². The lowest BCUT2D eigenvalue weighted by Gasteiger charge is -2.08. The summed E-state index contributed by atoms with van der Waals surface area (Å²) in [7, 11) is 1.58. The number of hydrogen-bond donors (Lipinski definition) is 0. The molecule has 0 spiro atoms. The molecule has 0 saturated heterocycles. The number of ether oxygens (including phenoxy) is 2. The second-order valence-electron chi connectivity index (χ2n) is 3.68. The average Bonchev–Trinajstić information content (AvgIpc) is 2.75. The highest BCUT2D eigenvalue weighted by atomic mass is 16.7. The molecule has 1 heterocycles. The molecule has 1 aromatic carbocycles. The van der Waals surface area contributed by atoms with Crippen molar-refractivity contribution in [3.63, 3.8) is 0 Å². The average molecular weight is 234 g/mol. The largest absolute Gasteiger partial charge is 0.467 e. The van der Waals surface area contributed by atoms with Gasteiger partial charge in [0.05, 0.1) is 0 Å². The number of rotatable bonds is 4. The molecule has 0 unspecified atom stereocenters. The first-order valence-electron chi connectivity index (χ1n) is 5.24. The zero-order valence-electron chi connectivity index (χ0n) is 10.1. The lowest BCUT2D eigenvalue weighted by atomic mass is 10.1. The van der Waals surface area contributed by atoms with Crippen LogP contribution in [0.2, 0.25) is 0 Å². The lowest BCUT2D eigenvalue weighted by Crippen LogP contribution is -2.00. The SMILES string of the molecule is COCOc1cc(-c2nc(C)no2)ccc1C. The first kappa shape index (κ1) is 11.6. The van der Waals surface area contributed by atoms with Crippen molar-refractivity contribution in [2.75, 3.05) is 13.9 Å². The highest BCUT2D eigenvalue weighted by Gasteiger charge is 2.09. The summed E-state index contributed by atoms with van der Waals surface area (Å²) < 4.78 is 15.4. The van der Waals surface area contributed by atoms with Crippen LogP contribution in [0, 0.1) is 13.8 Å². The first-order chi connectivity index (χ1) is 8.20. The third kappa shape index (κ3) is 2.62. The van der Waals surface area contributed by atoms with Crippen molar-refractivity contribution in [3.8, 4) is 17.2 Å². The Kier molecular flexibility index (Phi) is 3.39. The number of hydrogen-bond acceptors (Lipinski definition) is 5. The Balaban J connectivity index is 2.30. The van der Waals surface area contributed by atoms with Crippen molar-refractivity contribution in [1.82, 2.24) is 10.1 Å². The molecule has 5 heteroatoms. The molecule has 0 atom stereocenters. The second kappa shape index (κ2) is 4.97. The van der Waals surface area contributed by atoms with Gasteiger partial charge in [0.25, 0.3) is 5.89 Å². The highest BCUT2D eigenvalue weighted by Crippen LogP contribution is 2.25. The predicted molar refractivity (Wildman–Crippen MR) is 61.7 cm³/mol. The molecular formula is C12H14N2O3. The van der Waals surface area contributed by atoms with Crippen molar-refractivity contribution in [3.05, 3.63) is 29.6 Å². The van der Waals surface area contributed by atoms with Crippen LogP contribution in [0.25, 0.3) is 11.5 Å². The quantitative estimate of drug-likeness (QED) is 0.760. The van der Waals surface area contributed by atoms with Gasteiger partial charge in [-0.2, -0.15) is 4.98 Å². The molecule has 0 saturated carbocycles. The highest BCUT2D eigenvalue weighted by molar-refractivity contribution is 5.57. The third-order valence-electron chi connectivity index (χ3n) is 2.29. The smallest absolute Gasteiger partial charge is 0.258 e.